The molecule has 1 aromatic carbocycles. The molecule has 3 heterocycles. The number of hydrogen-bond acceptors (Lipinski definition) is 7. The quantitative estimate of drug-likeness (QED) is 0.466. The van der Waals surface area contributed by atoms with Crippen LogP contribution in [0, 0.1) is 5.92 Å². The molecule has 11 heteroatoms. The van der Waals surface area contributed by atoms with E-state index in [1.54, 1.807) is 23.4 Å². The van der Waals surface area contributed by atoms with Gasteiger partial charge in [-0.25, -0.2) is 23.1 Å². The van der Waals surface area contributed by atoms with E-state index in [-0.39, 0.29) is 30.4 Å². The van der Waals surface area contributed by atoms with E-state index in [2.05, 4.69) is 38.0 Å². The fraction of sp³-hybridized carbons (Fsp3) is 0.556. The van der Waals surface area contributed by atoms with E-state index in [9.17, 15) is 13.2 Å². The Balaban J connectivity index is 1.17. The highest BCUT2D eigenvalue weighted by atomic mass is 32.2. The molecule has 5 rings (SSSR count). The van der Waals surface area contributed by atoms with Gasteiger partial charge >= 0.3 is 0 Å². The zero-order valence-electron chi connectivity index (χ0n) is 22.0. The number of carbonyl (C=O) groups excluding carboxylic acids is 1. The van der Waals surface area contributed by atoms with Crippen molar-refractivity contribution in [2.24, 2.45) is 13.0 Å². The molecular formula is C27H36N6O4S. The summed E-state index contributed by atoms with van der Waals surface area (Å²) in [6, 6.07) is 8.07. The van der Waals surface area contributed by atoms with E-state index in [4.69, 9.17) is 4.74 Å². The Labute approximate surface area is 223 Å². The van der Waals surface area contributed by atoms with Crippen LogP contribution in [0.5, 0.6) is 0 Å². The maximum atomic E-state index is 12.9. The van der Waals surface area contributed by atoms with Gasteiger partial charge in [-0.1, -0.05) is 6.07 Å². The second-order valence-corrected chi connectivity index (χ2v) is 12.4. The number of hydrogen-bond donors (Lipinski definition) is 1. The summed E-state index contributed by atoms with van der Waals surface area (Å²) in [5.74, 6) is 0.818. The number of aromatic nitrogens is 4. The number of carbonyl (C=O) groups is 1. The van der Waals surface area contributed by atoms with Gasteiger partial charge in [-0.05, 0) is 61.8 Å². The number of likely N-dealkylation sites (tertiary alicyclic amines) is 1. The minimum atomic E-state index is -3.37. The van der Waals surface area contributed by atoms with Crippen LogP contribution in [-0.4, -0.2) is 77.1 Å². The average molecular weight is 541 g/mol. The number of amides is 1. The number of nitrogens with one attached hydrogen (secondary N) is 1. The van der Waals surface area contributed by atoms with Gasteiger partial charge in [0, 0.05) is 49.9 Å². The van der Waals surface area contributed by atoms with Crippen molar-refractivity contribution in [2.75, 3.05) is 26.0 Å². The second kappa shape index (κ2) is 11.5. The van der Waals surface area contributed by atoms with E-state index in [0.717, 1.165) is 31.2 Å². The number of sulfonamides is 1. The normalized spacial score (nSPS) is 24.5. The lowest BCUT2D eigenvalue weighted by molar-refractivity contribution is -0.133. The lowest BCUT2D eigenvalue weighted by Crippen LogP contribution is -2.54. The molecule has 10 nitrogen and oxygen atoms in total. The van der Waals surface area contributed by atoms with Gasteiger partial charge < -0.3 is 9.64 Å². The van der Waals surface area contributed by atoms with E-state index in [0.29, 0.717) is 37.9 Å². The van der Waals surface area contributed by atoms with E-state index >= 15 is 0 Å². The van der Waals surface area contributed by atoms with E-state index in [1.165, 1.54) is 17.2 Å². The molecule has 1 saturated heterocycles. The van der Waals surface area contributed by atoms with Crippen LogP contribution in [0.25, 0.3) is 10.9 Å². The highest BCUT2D eigenvalue weighted by Crippen LogP contribution is 2.35. The van der Waals surface area contributed by atoms with Crippen LogP contribution >= 0.6 is 0 Å². The van der Waals surface area contributed by atoms with Gasteiger partial charge in [0.2, 0.25) is 15.9 Å². The molecule has 2 unspecified atom stereocenters. The predicted molar refractivity (Wildman–Crippen MR) is 144 cm³/mol. The van der Waals surface area contributed by atoms with E-state index in [1.807, 2.05) is 17.9 Å². The molecule has 38 heavy (non-hydrogen) atoms. The van der Waals surface area contributed by atoms with Gasteiger partial charge in [-0.2, -0.15) is 5.10 Å². The summed E-state index contributed by atoms with van der Waals surface area (Å²) < 4.78 is 35.0. The molecule has 1 amide bonds. The number of benzene rings is 1. The molecule has 1 aliphatic heterocycles. The molecule has 2 fully saturated rings. The third kappa shape index (κ3) is 6.57. The summed E-state index contributed by atoms with van der Waals surface area (Å²) in [4.78, 5) is 23.0. The largest absolute Gasteiger partial charge is 0.378 e. The fourth-order valence-electron chi connectivity index (χ4n) is 5.78. The van der Waals surface area contributed by atoms with Gasteiger partial charge in [0.25, 0.3) is 0 Å². The van der Waals surface area contributed by atoms with E-state index < -0.39 is 10.0 Å². The highest BCUT2D eigenvalue weighted by molar-refractivity contribution is 7.88. The van der Waals surface area contributed by atoms with Crippen LogP contribution in [0.1, 0.15) is 49.4 Å². The first-order valence-electron chi connectivity index (χ1n) is 13.3. The molecule has 3 aromatic rings. The van der Waals surface area contributed by atoms with Crippen LogP contribution < -0.4 is 4.72 Å². The van der Waals surface area contributed by atoms with Crippen LogP contribution in [0.4, 0.5) is 0 Å². The van der Waals surface area contributed by atoms with Crippen molar-refractivity contribution in [3.05, 3.63) is 54.2 Å². The Morgan fingerprint density at radius 1 is 1.13 bits per heavy atom. The standard InChI is InChI=1S/C27H36N6O4S/c1-32-25-9-6-20(14-21(25)16-30-32)19-4-7-23(8-5-19)37-18-22-17-33(13-10-24(22)31-38(2,35)36)27(34)15-26-28-11-3-12-29-26/h3,6,9,11-12,14,16,19,22-24,31H,4-5,7-8,10,13,15,17-18H2,1-2H3. The molecule has 204 valence electrons. The SMILES string of the molecule is Cn1ncc2cc(C3CCC(OCC4CN(C(=O)Cc5ncccn5)CCC4NS(C)(=O)=O)CC3)ccc21. The highest BCUT2D eigenvalue weighted by Gasteiger charge is 2.34. The minimum absolute atomic E-state index is 0.0508. The third-order valence-corrected chi connectivity index (χ3v) is 8.57. The predicted octanol–water partition coefficient (Wildman–Crippen LogP) is 2.42. The number of piperidine rings is 1. The van der Waals surface area contributed by atoms with Crippen molar-refractivity contribution in [1.29, 1.82) is 0 Å². The number of nitrogens with zero attached hydrogens (tertiary/aromatic N) is 5. The first kappa shape index (κ1) is 26.7. The monoisotopic (exact) mass is 540 g/mol. The Kier molecular flexibility index (Phi) is 8.06. The molecule has 2 aliphatic rings. The molecule has 1 saturated carbocycles. The number of aryl methyl sites for hydroxylation is 1. The fourth-order valence-corrected chi connectivity index (χ4v) is 6.64. The maximum Gasteiger partial charge on any atom is 0.230 e. The summed E-state index contributed by atoms with van der Waals surface area (Å²) in [6.45, 7) is 1.34. The first-order valence-corrected chi connectivity index (χ1v) is 15.2. The van der Waals surface area contributed by atoms with Gasteiger partial charge in [0.1, 0.15) is 5.82 Å². The zero-order chi connectivity index (χ0) is 26.7. The molecule has 0 spiro atoms. The minimum Gasteiger partial charge on any atom is -0.378 e. The lowest BCUT2D eigenvalue weighted by Gasteiger charge is -2.39. The molecule has 1 N–H and O–H groups in total. The van der Waals surface area contributed by atoms with Gasteiger partial charge in [0.15, 0.2) is 0 Å². The lowest BCUT2D eigenvalue weighted by atomic mass is 9.82. The van der Waals surface area contributed by atoms with Crippen molar-refractivity contribution in [3.8, 4) is 0 Å². The Hall–Kier alpha value is -2.89. The number of fused-ring (bicyclic) bond motifs is 1. The maximum absolute atomic E-state index is 12.9. The first-order chi connectivity index (χ1) is 18.2. The number of ether oxygens (including phenoxy) is 1. The van der Waals surface area contributed by atoms with Crippen molar-refractivity contribution < 1.29 is 17.9 Å². The summed E-state index contributed by atoms with van der Waals surface area (Å²) in [6.07, 6.45) is 11.2. The topological polar surface area (TPSA) is 119 Å². The Morgan fingerprint density at radius 3 is 2.63 bits per heavy atom. The molecular weight excluding hydrogens is 504 g/mol. The van der Waals surface area contributed by atoms with Crippen LogP contribution in [0.3, 0.4) is 0 Å². The van der Waals surface area contributed by atoms with Gasteiger partial charge in [-0.15, -0.1) is 0 Å². The molecule has 2 aromatic heterocycles. The second-order valence-electron chi connectivity index (χ2n) is 10.6. The summed E-state index contributed by atoms with van der Waals surface area (Å²) in [5.41, 5.74) is 2.49. The van der Waals surface area contributed by atoms with Crippen molar-refractivity contribution in [2.45, 2.75) is 56.6 Å². The van der Waals surface area contributed by atoms with Gasteiger partial charge in [0.05, 0.1) is 37.1 Å². The molecule has 0 bridgehead atoms. The van der Waals surface area contributed by atoms with Crippen LogP contribution in [0.15, 0.2) is 42.9 Å². The molecule has 2 atom stereocenters. The average Bonchev–Trinajstić information content (AvgIpc) is 3.28. The molecule has 1 aliphatic carbocycles. The van der Waals surface area contributed by atoms with Crippen molar-refractivity contribution in [3.63, 3.8) is 0 Å². The third-order valence-electron chi connectivity index (χ3n) is 7.84. The van der Waals surface area contributed by atoms with Crippen LogP contribution in [0.2, 0.25) is 0 Å². The van der Waals surface area contributed by atoms with Crippen molar-refractivity contribution in [1.82, 2.24) is 29.4 Å². The smallest absolute Gasteiger partial charge is 0.230 e. The Bertz CT molecular complexity index is 1350. The summed E-state index contributed by atoms with van der Waals surface area (Å²) in [5, 5.41) is 5.52. The van der Waals surface area contributed by atoms with Crippen molar-refractivity contribution >= 4 is 26.8 Å². The van der Waals surface area contributed by atoms with Gasteiger partial charge in [-0.3, -0.25) is 9.48 Å². The summed E-state index contributed by atoms with van der Waals surface area (Å²) >= 11 is 0. The van der Waals surface area contributed by atoms with Crippen LogP contribution in [-0.2, 0) is 33.0 Å². The summed E-state index contributed by atoms with van der Waals surface area (Å²) in [7, 11) is -1.42. The molecule has 0 radical (unpaired) electrons. The zero-order valence-corrected chi connectivity index (χ0v) is 22.8. The Morgan fingerprint density at radius 2 is 1.89 bits per heavy atom. The number of rotatable bonds is 8.